The molecule has 1 aliphatic heterocycles. The van der Waals surface area contributed by atoms with E-state index in [1.807, 2.05) is 0 Å². The number of aliphatic hydroxyl groups excluding tert-OH is 1. The molecule has 1 aromatic carbocycles. The fraction of sp³-hybridized carbons (Fsp3) is 0.500. The zero-order valence-electron chi connectivity index (χ0n) is 11.4. The lowest BCUT2D eigenvalue weighted by atomic mass is 9.97. The van der Waals surface area contributed by atoms with Gasteiger partial charge in [-0.2, -0.15) is 0 Å². The van der Waals surface area contributed by atoms with E-state index >= 15 is 0 Å². The third-order valence-electron chi connectivity index (χ3n) is 3.60. The van der Waals surface area contributed by atoms with Crippen molar-refractivity contribution < 1.29 is 23.8 Å². The average molecular weight is 300 g/mol. The van der Waals surface area contributed by atoms with Gasteiger partial charge in [0, 0.05) is 26.2 Å². The molecule has 0 bridgehead atoms. The van der Waals surface area contributed by atoms with Crippen LogP contribution in [-0.4, -0.2) is 59.8 Å². The van der Waals surface area contributed by atoms with E-state index in [-0.39, 0.29) is 5.56 Å². The van der Waals surface area contributed by atoms with Crippen molar-refractivity contribution in [1.29, 1.82) is 0 Å². The topological polar surface area (TPSA) is 72.8 Å². The van der Waals surface area contributed by atoms with E-state index in [2.05, 4.69) is 5.32 Å². The molecule has 2 rings (SSSR count). The monoisotopic (exact) mass is 300 g/mol. The molecule has 1 saturated heterocycles. The van der Waals surface area contributed by atoms with Gasteiger partial charge in [-0.15, -0.1) is 0 Å². The maximum Gasteiger partial charge on any atom is 0.335 e. The summed E-state index contributed by atoms with van der Waals surface area (Å²) in [6.45, 7) is 0.848. The first-order chi connectivity index (χ1) is 9.95. The molecule has 1 atom stereocenters. The zero-order chi connectivity index (χ0) is 15.5. The quantitative estimate of drug-likeness (QED) is 0.755. The summed E-state index contributed by atoms with van der Waals surface area (Å²) in [4.78, 5) is 12.4. The number of carboxylic acid groups (broad SMARTS) is 1. The number of carboxylic acids is 1. The minimum Gasteiger partial charge on any atom is -0.478 e. The van der Waals surface area contributed by atoms with Gasteiger partial charge in [-0.3, -0.25) is 4.90 Å². The summed E-state index contributed by atoms with van der Waals surface area (Å²) < 4.78 is 28.2. The Labute approximate surface area is 121 Å². The van der Waals surface area contributed by atoms with Gasteiger partial charge in [0.25, 0.3) is 5.92 Å². The van der Waals surface area contributed by atoms with Crippen LogP contribution in [0.15, 0.2) is 24.3 Å². The third kappa shape index (κ3) is 3.55. The van der Waals surface area contributed by atoms with E-state index in [9.17, 15) is 13.6 Å². The number of aliphatic hydroxyl groups is 1. The number of nitrogens with one attached hydrogen (secondary N) is 1. The third-order valence-corrected chi connectivity index (χ3v) is 3.60. The Kier molecular flexibility index (Phi) is 4.87. The predicted molar refractivity (Wildman–Crippen MR) is 72.6 cm³/mol. The average Bonchev–Trinajstić information content (AvgIpc) is 2.49. The van der Waals surface area contributed by atoms with Crippen LogP contribution in [0.25, 0.3) is 0 Å². The summed E-state index contributed by atoms with van der Waals surface area (Å²) in [5.41, 5.74) is 0.353. The molecular weight excluding hydrogens is 282 g/mol. The summed E-state index contributed by atoms with van der Waals surface area (Å²) in [6, 6.07) is 4.13. The number of aromatic carboxylic acids is 1. The second-order valence-electron chi connectivity index (χ2n) is 5.03. The molecule has 0 radical (unpaired) electrons. The van der Waals surface area contributed by atoms with Gasteiger partial charge in [-0.05, 0) is 17.7 Å². The smallest absolute Gasteiger partial charge is 0.335 e. The van der Waals surface area contributed by atoms with E-state index in [0.717, 1.165) is 0 Å². The van der Waals surface area contributed by atoms with Crippen LogP contribution in [0.1, 0.15) is 22.0 Å². The number of rotatable bonds is 5. The summed E-state index contributed by atoms with van der Waals surface area (Å²) in [7, 11) is 0. The predicted octanol–water partition coefficient (Wildman–Crippen LogP) is 0.959. The molecule has 7 heteroatoms. The number of hydrogen-bond acceptors (Lipinski definition) is 4. The zero-order valence-corrected chi connectivity index (χ0v) is 11.4. The van der Waals surface area contributed by atoms with E-state index in [1.54, 1.807) is 4.90 Å². The van der Waals surface area contributed by atoms with Crippen molar-refractivity contribution in [3.63, 3.8) is 0 Å². The lowest BCUT2D eigenvalue weighted by molar-refractivity contribution is -0.118. The highest BCUT2D eigenvalue weighted by Crippen LogP contribution is 2.36. The van der Waals surface area contributed by atoms with Crippen LogP contribution in [0.5, 0.6) is 0 Å². The van der Waals surface area contributed by atoms with Crippen LogP contribution in [-0.2, 0) is 0 Å². The normalized spacial score (nSPS) is 18.4. The van der Waals surface area contributed by atoms with Gasteiger partial charge in [0.2, 0.25) is 0 Å². The molecule has 0 saturated carbocycles. The van der Waals surface area contributed by atoms with Crippen LogP contribution >= 0.6 is 0 Å². The molecule has 1 aromatic rings. The lowest BCUT2D eigenvalue weighted by Gasteiger charge is -2.38. The molecule has 0 amide bonds. The number of carbonyl (C=O) groups is 1. The van der Waals surface area contributed by atoms with E-state index in [0.29, 0.717) is 31.7 Å². The van der Waals surface area contributed by atoms with Crippen molar-refractivity contribution in [2.75, 3.05) is 32.8 Å². The Bertz CT molecular complexity index is 487. The van der Waals surface area contributed by atoms with Gasteiger partial charge in [-0.1, -0.05) is 12.1 Å². The van der Waals surface area contributed by atoms with Gasteiger partial charge in [-0.25, -0.2) is 13.6 Å². The molecule has 116 valence electrons. The summed E-state index contributed by atoms with van der Waals surface area (Å²) >= 11 is 0. The molecule has 5 nitrogen and oxygen atoms in total. The van der Waals surface area contributed by atoms with Crippen LogP contribution in [0.2, 0.25) is 0 Å². The first kappa shape index (κ1) is 15.8. The molecule has 0 unspecified atom stereocenters. The maximum atomic E-state index is 14.1. The number of hydrogen-bond donors (Lipinski definition) is 3. The minimum atomic E-state index is -3.29. The second-order valence-corrected chi connectivity index (χ2v) is 5.03. The van der Waals surface area contributed by atoms with Gasteiger partial charge in [0.05, 0.1) is 5.56 Å². The van der Waals surface area contributed by atoms with Crippen LogP contribution in [0, 0.1) is 0 Å². The molecular formula is C14H18F2N2O3. The summed E-state index contributed by atoms with van der Waals surface area (Å²) in [5, 5.41) is 21.0. The van der Waals surface area contributed by atoms with Crippen molar-refractivity contribution in [2.24, 2.45) is 0 Å². The fourth-order valence-electron chi connectivity index (χ4n) is 2.56. The van der Waals surface area contributed by atoms with Crippen LogP contribution in [0.3, 0.4) is 0 Å². The Balaban J connectivity index is 2.32. The number of nitrogens with zero attached hydrogens (tertiary/aromatic N) is 1. The van der Waals surface area contributed by atoms with E-state index in [4.69, 9.17) is 10.2 Å². The van der Waals surface area contributed by atoms with Crippen molar-refractivity contribution in [1.82, 2.24) is 10.2 Å². The maximum absolute atomic E-state index is 14.1. The Morgan fingerprint density at radius 1 is 1.29 bits per heavy atom. The van der Waals surface area contributed by atoms with Gasteiger partial charge >= 0.3 is 5.97 Å². The van der Waals surface area contributed by atoms with E-state index < -0.39 is 24.5 Å². The van der Waals surface area contributed by atoms with E-state index in [1.165, 1.54) is 24.3 Å². The Morgan fingerprint density at radius 2 is 1.86 bits per heavy atom. The molecule has 0 aliphatic carbocycles. The molecule has 1 heterocycles. The highest BCUT2D eigenvalue weighted by atomic mass is 19.3. The number of benzene rings is 1. The molecule has 1 aliphatic rings. The summed E-state index contributed by atoms with van der Waals surface area (Å²) in [6.07, 6.45) is 0. The van der Waals surface area contributed by atoms with Gasteiger partial charge in [0.15, 0.2) is 0 Å². The molecule has 3 N–H and O–H groups in total. The standard InChI is InChI=1S/C14H18F2N2O3/c15-14(16,9-19)12(18-7-5-17-6-8-18)10-1-3-11(4-2-10)13(20)21/h1-4,12,17,19H,5-9H2,(H,20,21)/t12-/m1/s1. The lowest BCUT2D eigenvalue weighted by Crippen LogP contribution is -2.51. The first-order valence-electron chi connectivity index (χ1n) is 6.72. The highest BCUT2D eigenvalue weighted by Gasteiger charge is 2.43. The number of halogens is 2. The van der Waals surface area contributed by atoms with Crippen molar-refractivity contribution in [3.05, 3.63) is 35.4 Å². The second kappa shape index (κ2) is 6.46. The van der Waals surface area contributed by atoms with Crippen molar-refractivity contribution in [2.45, 2.75) is 12.0 Å². The molecule has 0 aromatic heterocycles. The largest absolute Gasteiger partial charge is 0.478 e. The number of alkyl halides is 2. The van der Waals surface area contributed by atoms with Crippen LogP contribution in [0.4, 0.5) is 8.78 Å². The van der Waals surface area contributed by atoms with Crippen molar-refractivity contribution in [3.8, 4) is 0 Å². The van der Waals surface area contributed by atoms with Gasteiger partial charge < -0.3 is 15.5 Å². The van der Waals surface area contributed by atoms with Gasteiger partial charge in [0.1, 0.15) is 12.6 Å². The Morgan fingerprint density at radius 3 is 2.33 bits per heavy atom. The Hall–Kier alpha value is -1.57. The van der Waals surface area contributed by atoms with Crippen LogP contribution < -0.4 is 5.32 Å². The SMILES string of the molecule is O=C(O)c1ccc([C@@H](N2CCNCC2)C(F)(F)CO)cc1. The molecule has 1 fully saturated rings. The summed E-state index contributed by atoms with van der Waals surface area (Å²) in [5.74, 6) is -4.39. The molecule has 0 spiro atoms. The highest BCUT2D eigenvalue weighted by molar-refractivity contribution is 5.87. The number of piperazine rings is 1. The first-order valence-corrected chi connectivity index (χ1v) is 6.72. The van der Waals surface area contributed by atoms with Crippen molar-refractivity contribution >= 4 is 5.97 Å². The minimum absolute atomic E-state index is 0.0464. The molecule has 21 heavy (non-hydrogen) atoms. The fourth-order valence-corrected chi connectivity index (χ4v) is 2.56.